The molecule has 202 valence electrons. The van der Waals surface area contributed by atoms with Gasteiger partial charge in [-0.25, -0.2) is 4.79 Å². The zero-order valence-electron chi connectivity index (χ0n) is 20.0. The van der Waals surface area contributed by atoms with E-state index in [1.165, 1.54) is 4.90 Å². The second-order valence-electron chi connectivity index (χ2n) is 8.49. The minimum Gasteiger partial charge on any atom is -0.481 e. The third kappa shape index (κ3) is 7.86. The predicted molar refractivity (Wildman–Crippen MR) is 144 cm³/mol. The highest BCUT2D eigenvalue weighted by Gasteiger charge is 2.38. The van der Waals surface area contributed by atoms with Crippen molar-refractivity contribution < 1.29 is 34.2 Å². The van der Waals surface area contributed by atoms with Gasteiger partial charge >= 0.3 is 11.9 Å². The van der Waals surface area contributed by atoms with Gasteiger partial charge in [0.05, 0.1) is 15.6 Å². The molecule has 0 saturated carbocycles. The molecular formula is C25H25Cl2N3O7S. The molecule has 0 spiro atoms. The zero-order chi connectivity index (χ0) is 27.8. The van der Waals surface area contributed by atoms with Gasteiger partial charge in [0.1, 0.15) is 12.1 Å². The standard InChI is InChI=1S/C25H25Cl2N3O7S/c26-16-4-3-5-17(27)21(16)23(34)28-15-9-7-14(8-10-15)12-18(24(35)36)29-22(33)19-13-38-25(37)30(19)11-2-1-6-20(31)32/h3-5,7-10,18-19H,1-2,6,11-13H2,(H,28,34)(H,29,33)(H,31,32)(H,35,36)/t18-,19-/m0/s1. The number of nitrogens with zero attached hydrogens (tertiary/aromatic N) is 1. The lowest BCUT2D eigenvalue weighted by Gasteiger charge is -2.24. The molecule has 0 unspecified atom stereocenters. The number of hydrogen-bond donors (Lipinski definition) is 4. The Hall–Kier alpha value is -3.28. The summed E-state index contributed by atoms with van der Waals surface area (Å²) in [6.07, 6.45) is 0.704. The molecule has 1 heterocycles. The summed E-state index contributed by atoms with van der Waals surface area (Å²) in [6, 6.07) is 9.04. The van der Waals surface area contributed by atoms with Crippen LogP contribution in [-0.4, -0.2) is 68.5 Å². The van der Waals surface area contributed by atoms with Crippen molar-refractivity contribution in [3.63, 3.8) is 0 Å². The number of halogens is 2. The first-order valence-electron chi connectivity index (χ1n) is 11.6. The smallest absolute Gasteiger partial charge is 0.326 e. The number of nitrogens with one attached hydrogen (secondary N) is 2. The Bertz CT molecular complexity index is 1210. The molecule has 10 nitrogen and oxygen atoms in total. The summed E-state index contributed by atoms with van der Waals surface area (Å²) in [5.74, 6) is -3.09. The van der Waals surface area contributed by atoms with Crippen molar-refractivity contribution in [3.8, 4) is 0 Å². The maximum Gasteiger partial charge on any atom is 0.326 e. The van der Waals surface area contributed by atoms with Gasteiger partial charge in [0, 0.05) is 30.8 Å². The molecule has 0 aliphatic carbocycles. The van der Waals surface area contributed by atoms with E-state index in [2.05, 4.69) is 10.6 Å². The maximum absolute atomic E-state index is 12.9. The van der Waals surface area contributed by atoms with Crippen LogP contribution in [0.3, 0.4) is 0 Å². The number of rotatable bonds is 12. The van der Waals surface area contributed by atoms with Crippen LogP contribution in [0, 0.1) is 0 Å². The summed E-state index contributed by atoms with van der Waals surface area (Å²) >= 11 is 13.1. The molecular weight excluding hydrogens is 557 g/mol. The van der Waals surface area contributed by atoms with E-state index in [0.717, 1.165) is 11.8 Å². The number of hydrogen-bond acceptors (Lipinski definition) is 6. The van der Waals surface area contributed by atoms with Crippen molar-refractivity contribution in [1.29, 1.82) is 0 Å². The molecule has 4 N–H and O–H groups in total. The number of amides is 3. The fourth-order valence-corrected chi connectivity index (χ4v) is 5.39. The van der Waals surface area contributed by atoms with Crippen LogP contribution in [0.1, 0.15) is 35.2 Å². The first-order chi connectivity index (χ1) is 18.1. The third-order valence-electron chi connectivity index (χ3n) is 5.77. The highest BCUT2D eigenvalue weighted by Crippen LogP contribution is 2.26. The van der Waals surface area contributed by atoms with Crippen molar-refractivity contribution in [2.45, 2.75) is 37.8 Å². The van der Waals surface area contributed by atoms with Crippen LogP contribution >= 0.6 is 35.0 Å². The van der Waals surface area contributed by atoms with Crippen LogP contribution in [0.25, 0.3) is 0 Å². The molecule has 0 aromatic heterocycles. The second kappa shape index (κ2) is 13.5. The van der Waals surface area contributed by atoms with Gasteiger partial charge in [-0.2, -0.15) is 0 Å². The van der Waals surface area contributed by atoms with Gasteiger partial charge in [-0.1, -0.05) is 53.2 Å². The first-order valence-corrected chi connectivity index (χ1v) is 13.3. The molecule has 3 amide bonds. The lowest BCUT2D eigenvalue weighted by Crippen LogP contribution is -2.51. The average molecular weight is 582 g/mol. The van der Waals surface area contributed by atoms with Crippen molar-refractivity contribution in [2.24, 2.45) is 0 Å². The van der Waals surface area contributed by atoms with Gasteiger partial charge in [-0.05, 0) is 42.7 Å². The van der Waals surface area contributed by atoms with Gasteiger partial charge in [0.2, 0.25) is 5.91 Å². The fraction of sp³-hybridized carbons (Fsp3) is 0.320. The molecule has 1 saturated heterocycles. The number of carbonyl (C=O) groups excluding carboxylic acids is 3. The van der Waals surface area contributed by atoms with E-state index in [0.29, 0.717) is 24.1 Å². The number of benzene rings is 2. The summed E-state index contributed by atoms with van der Waals surface area (Å²) in [4.78, 5) is 61.5. The Morgan fingerprint density at radius 1 is 1.03 bits per heavy atom. The second-order valence-corrected chi connectivity index (χ2v) is 10.3. The molecule has 1 aliphatic heterocycles. The first kappa shape index (κ1) is 29.3. The van der Waals surface area contributed by atoms with Crippen molar-refractivity contribution in [2.75, 3.05) is 17.6 Å². The largest absolute Gasteiger partial charge is 0.481 e. The number of carbonyl (C=O) groups is 5. The van der Waals surface area contributed by atoms with E-state index in [9.17, 15) is 29.1 Å². The van der Waals surface area contributed by atoms with Crippen LogP contribution < -0.4 is 10.6 Å². The van der Waals surface area contributed by atoms with Gasteiger partial charge in [0.15, 0.2) is 0 Å². The molecule has 2 aromatic rings. The third-order valence-corrected chi connectivity index (χ3v) is 7.37. The Balaban J connectivity index is 1.60. The van der Waals surface area contributed by atoms with Gasteiger partial charge in [-0.15, -0.1) is 0 Å². The monoisotopic (exact) mass is 581 g/mol. The average Bonchev–Trinajstić information content (AvgIpc) is 3.22. The van der Waals surface area contributed by atoms with E-state index < -0.39 is 35.8 Å². The zero-order valence-corrected chi connectivity index (χ0v) is 22.3. The van der Waals surface area contributed by atoms with Gasteiger partial charge in [0.25, 0.3) is 11.1 Å². The molecule has 2 aromatic carbocycles. The quantitative estimate of drug-likeness (QED) is 0.273. The van der Waals surface area contributed by atoms with Crippen molar-refractivity contribution in [1.82, 2.24) is 10.2 Å². The topological polar surface area (TPSA) is 153 Å². The molecule has 1 fully saturated rings. The van der Waals surface area contributed by atoms with Crippen LogP contribution in [-0.2, 0) is 20.8 Å². The molecule has 13 heteroatoms. The van der Waals surface area contributed by atoms with Gasteiger partial charge < -0.3 is 25.7 Å². The highest BCUT2D eigenvalue weighted by atomic mass is 35.5. The number of thioether (sulfide) groups is 1. The lowest BCUT2D eigenvalue weighted by atomic mass is 10.0. The maximum atomic E-state index is 12.9. The Kier molecular flexibility index (Phi) is 10.4. The van der Waals surface area contributed by atoms with Gasteiger partial charge in [-0.3, -0.25) is 19.2 Å². The van der Waals surface area contributed by atoms with E-state index in [1.807, 2.05) is 0 Å². The van der Waals surface area contributed by atoms with Crippen molar-refractivity contribution >= 4 is 69.6 Å². The highest BCUT2D eigenvalue weighted by molar-refractivity contribution is 8.13. The van der Waals surface area contributed by atoms with Crippen LogP contribution in [0.5, 0.6) is 0 Å². The van der Waals surface area contributed by atoms with Crippen LogP contribution in [0.15, 0.2) is 42.5 Å². The Morgan fingerprint density at radius 2 is 1.68 bits per heavy atom. The summed E-state index contributed by atoms with van der Waals surface area (Å²) in [7, 11) is 0. The van der Waals surface area contributed by atoms with Crippen molar-refractivity contribution in [3.05, 3.63) is 63.6 Å². The molecule has 0 radical (unpaired) electrons. The molecule has 1 aliphatic rings. The van der Waals surface area contributed by atoms with E-state index in [-0.39, 0.29) is 46.0 Å². The molecule has 38 heavy (non-hydrogen) atoms. The number of unbranched alkanes of at least 4 members (excludes halogenated alkanes) is 1. The normalized spacial score (nSPS) is 15.7. The summed E-state index contributed by atoms with van der Waals surface area (Å²) in [6.45, 7) is 0.210. The Labute approximate surface area is 232 Å². The van der Waals surface area contributed by atoms with E-state index >= 15 is 0 Å². The number of aliphatic carboxylic acids is 2. The minimum absolute atomic E-state index is 0.0297. The number of anilines is 1. The predicted octanol–water partition coefficient (Wildman–Crippen LogP) is 4.15. The van der Waals surface area contributed by atoms with E-state index in [1.54, 1.807) is 42.5 Å². The fourth-order valence-electron chi connectivity index (χ4n) is 3.81. The minimum atomic E-state index is -1.25. The molecule has 2 atom stereocenters. The molecule has 3 rings (SSSR count). The van der Waals surface area contributed by atoms with Crippen LogP contribution in [0.4, 0.5) is 10.5 Å². The summed E-state index contributed by atoms with van der Waals surface area (Å²) < 4.78 is 0. The number of carboxylic acid groups (broad SMARTS) is 2. The summed E-state index contributed by atoms with van der Waals surface area (Å²) in [5, 5.41) is 23.7. The van der Waals surface area contributed by atoms with E-state index in [4.69, 9.17) is 28.3 Å². The SMILES string of the molecule is O=C(O)CCCCN1C(=O)SC[C@H]1C(=O)N[C@@H](Cc1ccc(NC(=O)c2c(Cl)cccc2Cl)cc1)C(=O)O. The van der Waals surface area contributed by atoms with Crippen LogP contribution in [0.2, 0.25) is 10.0 Å². The number of carboxylic acids is 2. The lowest BCUT2D eigenvalue weighted by molar-refractivity contribution is -0.142. The summed E-state index contributed by atoms with van der Waals surface area (Å²) in [5.41, 5.74) is 1.16. The molecule has 0 bridgehead atoms. The Morgan fingerprint density at radius 3 is 2.29 bits per heavy atom.